The van der Waals surface area contributed by atoms with Gasteiger partial charge in [0.25, 0.3) is 0 Å². The Morgan fingerprint density at radius 2 is 1.81 bits per heavy atom. The van der Waals surface area contributed by atoms with Gasteiger partial charge in [0.05, 0.1) is 12.0 Å². The molecule has 3 N–H and O–H groups in total. The van der Waals surface area contributed by atoms with E-state index < -0.39 is 5.54 Å². The van der Waals surface area contributed by atoms with Crippen molar-refractivity contribution in [3.05, 3.63) is 54.1 Å². The van der Waals surface area contributed by atoms with Gasteiger partial charge in [0.15, 0.2) is 5.96 Å². The van der Waals surface area contributed by atoms with Gasteiger partial charge in [0.1, 0.15) is 0 Å². The summed E-state index contributed by atoms with van der Waals surface area (Å²) in [5.74, 6) is 0.728. The molecule has 4 rings (SSSR count). The van der Waals surface area contributed by atoms with Crippen LogP contribution in [0.2, 0.25) is 0 Å². The van der Waals surface area contributed by atoms with Gasteiger partial charge in [-0.2, -0.15) is 5.21 Å². The van der Waals surface area contributed by atoms with Crippen LogP contribution in [-0.2, 0) is 10.3 Å². The fourth-order valence-corrected chi connectivity index (χ4v) is 3.23. The molecule has 136 valence electrons. The fourth-order valence-electron chi connectivity index (χ4n) is 3.23. The van der Waals surface area contributed by atoms with Crippen molar-refractivity contribution < 1.29 is 4.79 Å². The molecule has 27 heavy (non-hydrogen) atoms. The Labute approximate surface area is 156 Å². The van der Waals surface area contributed by atoms with E-state index in [1.165, 1.54) is 4.90 Å². The molecule has 1 aromatic heterocycles. The molecule has 0 saturated heterocycles. The number of rotatable bonds is 3. The number of benzene rings is 2. The molecule has 2 heterocycles. The van der Waals surface area contributed by atoms with Crippen molar-refractivity contribution in [2.45, 2.75) is 18.9 Å². The number of aromatic nitrogens is 4. The molecule has 0 saturated carbocycles. The highest BCUT2D eigenvalue weighted by Crippen LogP contribution is 2.35. The summed E-state index contributed by atoms with van der Waals surface area (Å²) >= 11 is 0. The van der Waals surface area contributed by atoms with Crippen LogP contribution >= 0.6 is 0 Å². The molecule has 2 aromatic carbocycles. The highest BCUT2D eigenvalue weighted by molar-refractivity contribution is 5.98. The van der Waals surface area contributed by atoms with Gasteiger partial charge in [-0.1, -0.05) is 36.4 Å². The van der Waals surface area contributed by atoms with Crippen LogP contribution in [0.15, 0.2) is 53.5 Å². The summed E-state index contributed by atoms with van der Waals surface area (Å²) in [6, 6.07) is 15.9. The summed E-state index contributed by atoms with van der Waals surface area (Å²) in [7, 11) is 1.64. The third-order valence-corrected chi connectivity index (χ3v) is 4.86. The van der Waals surface area contributed by atoms with E-state index in [4.69, 9.17) is 5.73 Å². The summed E-state index contributed by atoms with van der Waals surface area (Å²) < 4.78 is 0. The molecule has 0 aliphatic carbocycles. The monoisotopic (exact) mass is 361 g/mol. The second kappa shape index (κ2) is 6.31. The maximum Gasteiger partial charge on any atom is 0.231 e. The minimum absolute atomic E-state index is 0.0468. The number of guanidine groups is 1. The lowest BCUT2D eigenvalue weighted by atomic mass is 9.86. The van der Waals surface area contributed by atoms with Gasteiger partial charge in [-0.05, 0) is 41.0 Å². The first-order chi connectivity index (χ1) is 13.0. The molecule has 0 spiro atoms. The molecular formula is C19H19N7O. The van der Waals surface area contributed by atoms with Crippen LogP contribution in [0, 0.1) is 0 Å². The first-order valence-electron chi connectivity index (χ1n) is 8.53. The summed E-state index contributed by atoms with van der Waals surface area (Å²) in [6.07, 6.45) is 0.274. The molecule has 0 bridgehead atoms. The number of aromatic amines is 1. The van der Waals surface area contributed by atoms with Gasteiger partial charge in [0.2, 0.25) is 11.7 Å². The average molecular weight is 361 g/mol. The largest absolute Gasteiger partial charge is 0.369 e. The third-order valence-electron chi connectivity index (χ3n) is 4.86. The van der Waals surface area contributed by atoms with Crippen LogP contribution in [0.4, 0.5) is 0 Å². The lowest BCUT2D eigenvalue weighted by molar-refractivity contribution is -0.128. The minimum Gasteiger partial charge on any atom is -0.369 e. The quantitative estimate of drug-likeness (QED) is 0.740. The number of amides is 1. The van der Waals surface area contributed by atoms with E-state index in [9.17, 15) is 4.79 Å². The number of nitrogens with two attached hydrogens (primary N) is 1. The van der Waals surface area contributed by atoms with Crippen LogP contribution in [0.25, 0.3) is 22.5 Å². The van der Waals surface area contributed by atoms with Crippen molar-refractivity contribution >= 4 is 11.9 Å². The Morgan fingerprint density at radius 1 is 1.11 bits per heavy atom. The number of nitrogens with one attached hydrogen (secondary N) is 1. The van der Waals surface area contributed by atoms with E-state index in [1.54, 1.807) is 7.05 Å². The lowest BCUT2D eigenvalue weighted by Gasteiger charge is -2.33. The standard InChI is InChI=1S/C19H19N7O/c1-19(11-16(27)26(2)18(20)21-19)15-8-4-6-13(10-15)12-5-3-7-14(9-12)17-22-24-25-23-17/h3-10H,11H2,1-2H3,(H2,20,21)(H,22,23,24,25)/t19-/m0/s1. The number of H-pyrrole nitrogens is 1. The highest BCUT2D eigenvalue weighted by Gasteiger charge is 2.36. The molecule has 1 aliphatic heterocycles. The van der Waals surface area contributed by atoms with Crippen LogP contribution in [-0.4, -0.2) is 44.4 Å². The predicted octanol–water partition coefficient (Wildman–Crippen LogP) is 1.93. The number of hydrogen-bond acceptors (Lipinski definition) is 6. The Bertz CT molecular complexity index is 1030. The summed E-state index contributed by atoms with van der Waals surface area (Å²) in [5, 5.41) is 14.1. The van der Waals surface area contributed by atoms with Crippen LogP contribution in [0.5, 0.6) is 0 Å². The number of tetrazole rings is 1. The number of hydrogen-bond donors (Lipinski definition) is 2. The van der Waals surface area contributed by atoms with E-state index >= 15 is 0 Å². The first-order valence-corrected chi connectivity index (χ1v) is 8.53. The van der Waals surface area contributed by atoms with Crippen molar-refractivity contribution in [3.8, 4) is 22.5 Å². The van der Waals surface area contributed by atoms with Gasteiger partial charge in [-0.25, -0.2) is 4.99 Å². The van der Waals surface area contributed by atoms with Gasteiger partial charge in [0, 0.05) is 12.6 Å². The van der Waals surface area contributed by atoms with Crippen molar-refractivity contribution in [3.63, 3.8) is 0 Å². The topological polar surface area (TPSA) is 113 Å². The zero-order valence-electron chi connectivity index (χ0n) is 15.0. The summed E-state index contributed by atoms with van der Waals surface area (Å²) in [5.41, 5.74) is 9.09. The molecule has 1 atom stereocenters. The molecule has 8 nitrogen and oxygen atoms in total. The molecule has 0 radical (unpaired) electrons. The molecule has 1 amide bonds. The van der Waals surface area contributed by atoms with Crippen molar-refractivity contribution in [1.82, 2.24) is 25.5 Å². The second-order valence-electron chi connectivity index (χ2n) is 6.77. The van der Waals surface area contributed by atoms with Gasteiger partial charge in [-0.15, -0.1) is 10.2 Å². The van der Waals surface area contributed by atoms with Crippen LogP contribution in [0.3, 0.4) is 0 Å². The number of aliphatic imine (C=N–C) groups is 1. The first kappa shape index (κ1) is 16.9. The molecular weight excluding hydrogens is 342 g/mol. The second-order valence-corrected chi connectivity index (χ2v) is 6.77. The smallest absolute Gasteiger partial charge is 0.231 e. The average Bonchev–Trinajstić information content (AvgIpc) is 3.21. The Hall–Kier alpha value is -3.55. The van der Waals surface area contributed by atoms with Crippen molar-refractivity contribution in [2.75, 3.05) is 7.05 Å². The molecule has 0 unspecified atom stereocenters. The Kier molecular flexibility index (Phi) is 3.95. The zero-order chi connectivity index (χ0) is 19.0. The van der Waals surface area contributed by atoms with Gasteiger partial charge in [-0.3, -0.25) is 9.69 Å². The van der Waals surface area contributed by atoms with Crippen molar-refractivity contribution in [2.24, 2.45) is 10.7 Å². The lowest BCUT2D eigenvalue weighted by Crippen LogP contribution is -2.47. The highest BCUT2D eigenvalue weighted by atomic mass is 16.2. The minimum atomic E-state index is -0.686. The summed E-state index contributed by atoms with van der Waals surface area (Å²) in [4.78, 5) is 18.2. The van der Waals surface area contributed by atoms with Crippen LogP contribution < -0.4 is 5.73 Å². The number of carbonyl (C=O) groups excluding carboxylic acids is 1. The maximum absolute atomic E-state index is 12.3. The maximum atomic E-state index is 12.3. The van der Waals surface area contributed by atoms with E-state index in [-0.39, 0.29) is 18.3 Å². The zero-order valence-corrected chi connectivity index (χ0v) is 15.0. The SMILES string of the molecule is CN1C(=O)C[C@@](C)(c2cccc(-c3cccc(-c4nn[nH]n4)c3)c2)N=C1N. The van der Waals surface area contributed by atoms with E-state index in [0.717, 1.165) is 22.3 Å². The third kappa shape index (κ3) is 3.05. The van der Waals surface area contributed by atoms with Gasteiger partial charge < -0.3 is 5.73 Å². The normalized spacial score (nSPS) is 19.9. The Balaban J connectivity index is 1.74. The van der Waals surface area contributed by atoms with Gasteiger partial charge >= 0.3 is 0 Å². The predicted molar refractivity (Wildman–Crippen MR) is 101 cm³/mol. The molecule has 3 aromatic rings. The van der Waals surface area contributed by atoms with E-state index in [2.05, 4.69) is 25.6 Å². The van der Waals surface area contributed by atoms with Crippen molar-refractivity contribution in [1.29, 1.82) is 0 Å². The Morgan fingerprint density at radius 3 is 2.52 bits per heavy atom. The van der Waals surface area contributed by atoms with E-state index in [1.807, 2.05) is 55.5 Å². The fraction of sp³-hybridized carbons (Fsp3) is 0.211. The summed E-state index contributed by atoms with van der Waals surface area (Å²) in [6.45, 7) is 1.93. The molecule has 0 fully saturated rings. The van der Waals surface area contributed by atoms with E-state index in [0.29, 0.717) is 5.82 Å². The number of carbonyl (C=O) groups is 1. The molecule has 8 heteroatoms. The molecule has 1 aliphatic rings. The number of nitrogens with zero attached hydrogens (tertiary/aromatic N) is 5. The van der Waals surface area contributed by atoms with Crippen LogP contribution in [0.1, 0.15) is 18.9 Å².